The van der Waals surface area contributed by atoms with Crippen LogP contribution in [0.3, 0.4) is 0 Å². The molecule has 0 spiro atoms. The zero-order valence-electron chi connectivity index (χ0n) is 48.9. The van der Waals surface area contributed by atoms with Crippen LogP contribution >= 0.6 is 0 Å². The molecule has 0 fully saturated rings. The Bertz CT molecular complexity index is 1840. The molecule has 0 rings (SSSR count). The highest BCUT2D eigenvalue weighted by molar-refractivity contribution is 5.71. The number of unbranched alkanes of at least 4 members (excludes halogenated alkanes) is 11. The van der Waals surface area contributed by atoms with Crippen LogP contribution in [-0.4, -0.2) is 37.2 Å². The van der Waals surface area contributed by atoms with E-state index in [9.17, 15) is 14.4 Å². The van der Waals surface area contributed by atoms with E-state index in [-0.39, 0.29) is 44.0 Å². The number of hydrogen-bond donors (Lipinski definition) is 0. The minimum atomic E-state index is -0.837. The van der Waals surface area contributed by atoms with Gasteiger partial charge in [0, 0.05) is 19.3 Å². The summed E-state index contributed by atoms with van der Waals surface area (Å²) < 4.78 is 16.8. The monoisotopic (exact) mass is 1060 g/mol. The molecule has 0 aromatic heterocycles. The molecule has 0 aromatic rings. The van der Waals surface area contributed by atoms with Crippen LogP contribution < -0.4 is 0 Å². The molecule has 0 aliphatic heterocycles. The second-order valence-corrected chi connectivity index (χ2v) is 19.1. The third-order valence-electron chi connectivity index (χ3n) is 11.9. The van der Waals surface area contributed by atoms with Crippen LogP contribution in [0.1, 0.15) is 226 Å². The molecule has 0 radical (unpaired) electrons. The van der Waals surface area contributed by atoms with Gasteiger partial charge in [-0.25, -0.2) is 0 Å². The van der Waals surface area contributed by atoms with Gasteiger partial charge in [0.25, 0.3) is 0 Å². The first-order chi connectivity index (χ1) is 38.0. The van der Waals surface area contributed by atoms with Crippen molar-refractivity contribution in [3.8, 4) is 0 Å². The van der Waals surface area contributed by atoms with E-state index in [4.69, 9.17) is 14.2 Å². The van der Waals surface area contributed by atoms with E-state index in [1.165, 1.54) is 25.7 Å². The van der Waals surface area contributed by atoms with Crippen LogP contribution in [0.15, 0.2) is 182 Å². The van der Waals surface area contributed by atoms with Crippen LogP contribution in [0, 0.1) is 0 Å². The maximum Gasteiger partial charge on any atom is 0.306 e. The number of carbonyl (C=O) groups excluding carboxylic acids is 3. The Hall–Kier alpha value is -5.49. The summed E-state index contributed by atoms with van der Waals surface area (Å²) in [5.41, 5.74) is 0. The second kappa shape index (κ2) is 63.0. The molecule has 0 amide bonds. The molecule has 0 saturated carbocycles. The Morgan fingerprint density at radius 2 is 0.494 bits per heavy atom. The highest BCUT2D eigenvalue weighted by Gasteiger charge is 2.19. The van der Waals surface area contributed by atoms with E-state index in [0.29, 0.717) is 12.8 Å². The molecule has 77 heavy (non-hydrogen) atoms. The van der Waals surface area contributed by atoms with Gasteiger partial charge in [-0.1, -0.05) is 248 Å². The Morgan fingerprint density at radius 1 is 0.260 bits per heavy atom. The van der Waals surface area contributed by atoms with Gasteiger partial charge in [0.1, 0.15) is 13.2 Å². The standard InChI is InChI=1S/C71H108O6/c1-4-7-10-13-16-19-22-25-27-29-31-33-34-35-36-38-39-41-43-46-49-52-55-58-61-64-70(73)76-67-68(66-75-69(72)63-60-57-54-51-48-45-24-21-18-15-12-9-6-3)77-71(74)65-62-59-56-53-50-47-44-42-40-37-32-30-28-26-23-20-17-14-11-8-5-2/h7-12,16-21,25-28,31-33,35-37,39,41,45-46,48-49,54,57,68H,4-6,13-15,22-24,29-30,34,38,40,42-44,47,50-53,55-56,58-67H2,1-3H3/b10-7-,11-8-,12-9-,19-16-,20-17-,21-18-,27-25-,28-26-,33-31-,36-35-,37-32-,41-39-,48-45-,49-46-,57-54-. The number of esters is 3. The maximum absolute atomic E-state index is 12.9. The summed E-state index contributed by atoms with van der Waals surface area (Å²) in [4.78, 5) is 38.2. The lowest BCUT2D eigenvalue weighted by molar-refractivity contribution is -0.166. The summed E-state index contributed by atoms with van der Waals surface area (Å²) in [7, 11) is 0. The highest BCUT2D eigenvalue weighted by atomic mass is 16.6. The molecular weight excluding hydrogens is 949 g/mol. The van der Waals surface area contributed by atoms with Gasteiger partial charge in [0.2, 0.25) is 0 Å². The van der Waals surface area contributed by atoms with Gasteiger partial charge >= 0.3 is 17.9 Å². The smallest absolute Gasteiger partial charge is 0.306 e. The predicted molar refractivity (Wildman–Crippen MR) is 334 cm³/mol. The van der Waals surface area contributed by atoms with Crippen LogP contribution in [-0.2, 0) is 28.6 Å². The van der Waals surface area contributed by atoms with Crippen molar-refractivity contribution < 1.29 is 28.6 Å². The summed E-state index contributed by atoms with van der Waals surface area (Å²) in [6.07, 6.45) is 94.7. The van der Waals surface area contributed by atoms with Gasteiger partial charge in [0.15, 0.2) is 6.10 Å². The fourth-order valence-electron chi connectivity index (χ4n) is 7.48. The zero-order valence-corrected chi connectivity index (χ0v) is 48.9. The van der Waals surface area contributed by atoms with Crippen molar-refractivity contribution in [2.75, 3.05) is 13.2 Å². The molecular formula is C71H108O6. The molecule has 0 heterocycles. The van der Waals surface area contributed by atoms with E-state index in [2.05, 4.69) is 191 Å². The second-order valence-electron chi connectivity index (χ2n) is 19.1. The maximum atomic E-state index is 12.9. The molecule has 0 aliphatic rings. The van der Waals surface area contributed by atoms with Crippen molar-refractivity contribution in [2.24, 2.45) is 0 Å². The zero-order chi connectivity index (χ0) is 55.7. The number of rotatable bonds is 52. The van der Waals surface area contributed by atoms with E-state index < -0.39 is 6.10 Å². The molecule has 428 valence electrons. The first kappa shape index (κ1) is 71.5. The first-order valence-corrected chi connectivity index (χ1v) is 30.3. The van der Waals surface area contributed by atoms with Gasteiger partial charge in [-0.2, -0.15) is 0 Å². The van der Waals surface area contributed by atoms with E-state index in [0.717, 1.165) is 154 Å². The van der Waals surface area contributed by atoms with Crippen molar-refractivity contribution in [2.45, 2.75) is 232 Å². The molecule has 0 N–H and O–H groups in total. The van der Waals surface area contributed by atoms with Crippen molar-refractivity contribution >= 4 is 17.9 Å². The van der Waals surface area contributed by atoms with Crippen LogP contribution in [0.5, 0.6) is 0 Å². The fourth-order valence-corrected chi connectivity index (χ4v) is 7.48. The minimum absolute atomic E-state index is 0.131. The lowest BCUT2D eigenvalue weighted by atomic mass is 10.1. The van der Waals surface area contributed by atoms with E-state index in [1.807, 2.05) is 12.2 Å². The average molecular weight is 1060 g/mol. The van der Waals surface area contributed by atoms with Crippen molar-refractivity contribution in [1.29, 1.82) is 0 Å². The topological polar surface area (TPSA) is 78.9 Å². The van der Waals surface area contributed by atoms with E-state index >= 15 is 0 Å². The van der Waals surface area contributed by atoms with Crippen molar-refractivity contribution in [3.63, 3.8) is 0 Å². The third kappa shape index (κ3) is 61.2. The lowest BCUT2D eigenvalue weighted by Gasteiger charge is -2.18. The third-order valence-corrected chi connectivity index (χ3v) is 11.9. The highest BCUT2D eigenvalue weighted by Crippen LogP contribution is 2.13. The molecule has 0 aromatic carbocycles. The summed E-state index contributed by atoms with van der Waals surface area (Å²) in [5.74, 6) is -1.06. The summed E-state index contributed by atoms with van der Waals surface area (Å²) in [5, 5.41) is 0. The molecule has 0 aliphatic carbocycles. The van der Waals surface area contributed by atoms with Crippen molar-refractivity contribution in [3.05, 3.63) is 182 Å². The van der Waals surface area contributed by atoms with Gasteiger partial charge in [-0.3, -0.25) is 14.4 Å². The number of allylic oxidation sites excluding steroid dienone is 30. The largest absolute Gasteiger partial charge is 0.462 e. The van der Waals surface area contributed by atoms with E-state index in [1.54, 1.807) is 0 Å². The lowest BCUT2D eigenvalue weighted by Crippen LogP contribution is -2.30. The first-order valence-electron chi connectivity index (χ1n) is 30.3. The SMILES string of the molecule is CC/C=C\C/C=C\C/C=C\C/C=C\C/C=C\C/C=C\C/C=C\CCCCCC(=O)OCC(COC(=O)CC/C=C\C/C=C\C/C=C\C/C=C\CC)OC(=O)CCCCCCCCCC/C=C\C/C=C\C/C=C\C/C=C\CC. The van der Waals surface area contributed by atoms with Crippen molar-refractivity contribution in [1.82, 2.24) is 0 Å². The molecule has 1 unspecified atom stereocenters. The van der Waals surface area contributed by atoms with Crippen LogP contribution in [0.25, 0.3) is 0 Å². The molecule has 1 atom stereocenters. The Morgan fingerprint density at radius 3 is 0.818 bits per heavy atom. The summed E-state index contributed by atoms with van der Waals surface area (Å²) >= 11 is 0. The average Bonchev–Trinajstić information content (AvgIpc) is 3.43. The normalized spacial score (nSPS) is 13.4. The predicted octanol–water partition coefficient (Wildman–Crippen LogP) is 20.9. The molecule has 6 heteroatoms. The van der Waals surface area contributed by atoms with Gasteiger partial charge in [-0.15, -0.1) is 0 Å². The Kier molecular flexibility index (Phi) is 58.6. The number of hydrogen-bond acceptors (Lipinski definition) is 6. The molecule has 0 saturated heterocycles. The van der Waals surface area contributed by atoms with Gasteiger partial charge in [0.05, 0.1) is 0 Å². The van der Waals surface area contributed by atoms with Crippen LogP contribution in [0.2, 0.25) is 0 Å². The number of carbonyl (C=O) groups is 3. The quantitative estimate of drug-likeness (QED) is 0.0261. The number of ether oxygens (including phenoxy) is 3. The summed E-state index contributed by atoms with van der Waals surface area (Å²) in [6.45, 7) is 6.18. The summed E-state index contributed by atoms with van der Waals surface area (Å²) in [6, 6.07) is 0. The minimum Gasteiger partial charge on any atom is -0.462 e. The molecule has 0 bridgehead atoms. The Balaban J connectivity index is 4.52. The van der Waals surface area contributed by atoms with Crippen LogP contribution in [0.4, 0.5) is 0 Å². The Labute approximate surface area is 472 Å². The van der Waals surface area contributed by atoms with Gasteiger partial charge in [-0.05, 0) is 141 Å². The molecule has 6 nitrogen and oxygen atoms in total. The fraction of sp³-hybridized carbons (Fsp3) is 0.535. The van der Waals surface area contributed by atoms with Gasteiger partial charge < -0.3 is 14.2 Å².